The number of fused-ring (bicyclic) bond motifs is 1. The molecule has 2 aliphatic heterocycles. The first kappa shape index (κ1) is 11.1. The third-order valence-electron chi connectivity index (χ3n) is 3.74. The second-order valence-corrected chi connectivity index (χ2v) is 4.95. The van der Waals surface area contributed by atoms with Gasteiger partial charge in [0.2, 0.25) is 0 Å². The van der Waals surface area contributed by atoms with Gasteiger partial charge < -0.3 is 10.1 Å². The Hall–Kier alpha value is -1.06. The lowest BCUT2D eigenvalue weighted by Gasteiger charge is -2.27. The molecule has 2 heterocycles. The van der Waals surface area contributed by atoms with Gasteiger partial charge in [0, 0.05) is 31.4 Å². The minimum atomic E-state index is 0.621. The molecule has 0 spiro atoms. The quantitative estimate of drug-likeness (QED) is 0.859. The van der Waals surface area contributed by atoms with Gasteiger partial charge in [0.1, 0.15) is 0 Å². The van der Waals surface area contributed by atoms with E-state index in [0.29, 0.717) is 6.04 Å². The molecule has 1 atom stereocenters. The fraction of sp³-hybridized carbons (Fsp3) is 0.571. The van der Waals surface area contributed by atoms with Crippen molar-refractivity contribution in [2.24, 2.45) is 0 Å². The summed E-state index contributed by atoms with van der Waals surface area (Å²) in [4.78, 5) is 2.51. The van der Waals surface area contributed by atoms with Gasteiger partial charge in [0.05, 0.1) is 13.2 Å². The van der Waals surface area contributed by atoms with Crippen LogP contribution < -0.4 is 5.32 Å². The number of hydrogen-bond donors (Lipinski definition) is 1. The fourth-order valence-electron chi connectivity index (χ4n) is 2.71. The predicted molar refractivity (Wildman–Crippen MR) is 69.4 cm³/mol. The van der Waals surface area contributed by atoms with Crippen molar-refractivity contribution >= 4 is 5.69 Å². The summed E-state index contributed by atoms with van der Waals surface area (Å²) in [5.41, 5.74) is 2.80. The lowest BCUT2D eigenvalue weighted by atomic mass is 10.1. The van der Waals surface area contributed by atoms with Crippen molar-refractivity contribution in [2.45, 2.75) is 18.9 Å². The Labute approximate surface area is 103 Å². The van der Waals surface area contributed by atoms with Crippen LogP contribution in [0.4, 0.5) is 5.69 Å². The zero-order valence-corrected chi connectivity index (χ0v) is 10.2. The molecule has 0 radical (unpaired) electrons. The molecule has 1 N–H and O–H groups in total. The molecule has 1 aromatic carbocycles. The number of hydrogen-bond acceptors (Lipinski definition) is 3. The van der Waals surface area contributed by atoms with E-state index >= 15 is 0 Å². The molecule has 2 aliphatic rings. The number of anilines is 1. The summed E-state index contributed by atoms with van der Waals surface area (Å²) in [6.45, 7) is 5.19. The van der Waals surface area contributed by atoms with Crippen molar-refractivity contribution in [1.82, 2.24) is 4.90 Å². The molecule has 92 valence electrons. The van der Waals surface area contributed by atoms with Crippen LogP contribution in [0.25, 0.3) is 0 Å². The Kier molecular flexibility index (Phi) is 3.29. The van der Waals surface area contributed by atoms with Crippen molar-refractivity contribution in [3.63, 3.8) is 0 Å². The number of para-hydroxylation sites is 1. The highest BCUT2D eigenvalue weighted by molar-refractivity contribution is 5.56. The molecule has 1 unspecified atom stereocenters. The van der Waals surface area contributed by atoms with E-state index in [9.17, 15) is 0 Å². The number of ether oxygens (including phenoxy) is 1. The number of morpholine rings is 1. The largest absolute Gasteiger partial charge is 0.382 e. The predicted octanol–water partition coefficient (Wildman–Crippen LogP) is 1.75. The van der Waals surface area contributed by atoms with Crippen LogP contribution in [-0.2, 0) is 11.2 Å². The standard InChI is InChI=1S/C14H20N2O/c1-2-4-14-12(3-1)11-13(15-14)5-6-16-7-9-17-10-8-16/h1-4,13,15H,5-11H2. The highest BCUT2D eigenvalue weighted by atomic mass is 16.5. The number of nitrogens with zero attached hydrogens (tertiary/aromatic N) is 1. The molecule has 17 heavy (non-hydrogen) atoms. The first-order valence-corrected chi connectivity index (χ1v) is 6.56. The van der Waals surface area contributed by atoms with Crippen molar-refractivity contribution in [1.29, 1.82) is 0 Å². The van der Waals surface area contributed by atoms with E-state index in [1.165, 1.54) is 30.6 Å². The molecule has 0 aromatic heterocycles. The highest BCUT2D eigenvalue weighted by Gasteiger charge is 2.20. The topological polar surface area (TPSA) is 24.5 Å². The van der Waals surface area contributed by atoms with Crippen molar-refractivity contribution in [3.8, 4) is 0 Å². The Bertz CT molecular complexity index is 349. The average Bonchev–Trinajstić information content (AvgIpc) is 2.80. The maximum absolute atomic E-state index is 5.36. The maximum Gasteiger partial charge on any atom is 0.0594 e. The first-order valence-electron chi connectivity index (χ1n) is 6.56. The smallest absolute Gasteiger partial charge is 0.0594 e. The van der Waals surface area contributed by atoms with Gasteiger partial charge in [-0.15, -0.1) is 0 Å². The van der Waals surface area contributed by atoms with Gasteiger partial charge in [0.15, 0.2) is 0 Å². The zero-order valence-electron chi connectivity index (χ0n) is 10.2. The Morgan fingerprint density at radius 3 is 2.88 bits per heavy atom. The minimum Gasteiger partial charge on any atom is -0.382 e. The van der Waals surface area contributed by atoms with Gasteiger partial charge in [-0.05, 0) is 24.5 Å². The molecule has 0 aliphatic carbocycles. The van der Waals surface area contributed by atoms with E-state index in [1.54, 1.807) is 0 Å². The van der Waals surface area contributed by atoms with Crippen LogP contribution in [0, 0.1) is 0 Å². The summed E-state index contributed by atoms with van der Waals surface area (Å²) >= 11 is 0. The zero-order chi connectivity index (χ0) is 11.5. The molecule has 1 saturated heterocycles. The Morgan fingerprint density at radius 1 is 1.24 bits per heavy atom. The van der Waals surface area contributed by atoms with Gasteiger partial charge in [-0.3, -0.25) is 4.90 Å². The van der Waals surface area contributed by atoms with Crippen LogP contribution in [0.5, 0.6) is 0 Å². The number of benzene rings is 1. The third kappa shape index (κ3) is 2.61. The highest BCUT2D eigenvalue weighted by Crippen LogP contribution is 2.26. The van der Waals surface area contributed by atoms with E-state index in [2.05, 4.69) is 34.5 Å². The molecule has 0 bridgehead atoms. The average molecular weight is 232 g/mol. The molecule has 0 saturated carbocycles. The maximum atomic E-state index is 5.36. The summed E-state index contributed by atoms with van der Waals surface area (Å²) in [5.74, 6) is 0. The molecule has 1 aromatic rings. The number of rotatable bonds is 3. The van der Waals surface area contributed by atoms with Crippen molar-refractivity contribution in [3.05, 3.63) is 29.8 Å². The molecule has 1 fully saturated rings. The summed E-state index contributed by atoms with van der Waals surface area (Å²) in [6.07, 6.45) is 2.41. The second-order valence-electron chi connectivity index (χ2n) is 4.95. The van der Waals surface area contributed by atoms with Crippen LogP contribution >= 0.6 is 0 Å². The summed E-state index contributed by atoms with van der Waals surface area (Å²) in [5, 5.41) is 3.62. The van der Waals surface area contributed by atoms with E-state index in [1.807, 2.05) is 0 Å². The van der Waals surface area contributed by atoms with Gasteiger partial charge in [-0.25, -0.2) is 0 Å². The van der Waals surface area contributed by atoms with Crippen LogP contribution in [0.2, 0.25) is 0 Å². The molecule has 3 nitrogen and oxygen atoms in total. The SMILES string of the molecule is c1ccc2c(c1)CC(CCN1CCOCC1)N2. The van der Waals surface area contributed by atoms with Crippen LogP contribution in [-0.4, -0.2) is 43.8 Å². The third-order valence-corrected chi connectivity index (χ3v) is 3.74. The molecule has 3 heteroatoms. The molecular formula is C14H20N2O. The van der Waals surface area contributed by atoms with E-state index in [4.69, 9.17) is 4.74 Å². The summed E-state index contributed by atoms with van der Waals surface area (Å²) in [6, 6.07) is 9.28. The van der Waals surface area contributed by atoms with Crippen molar-refractivity contribution < 1.29 is 4.74 Å². The molecular weight excluding hydrogens is 212 g/mol. The van der Waals surface area contributed by atoms with Crippen molar-refractivity contribution in [2.75, 3.05) is 38.2 Å². The fourth-order valence-corrected chi connectivity index (χ4v) is 2.71. The molecule has 3 rings (SSSR count). The van der Waals surface area contributed by atoms with E-state index in [-0.39, 0.29) is 0 Å². The Morgan fingerprint density at radius 2 is 2.06 bits per heavy atom. The lowest BCUT2D eigenvalue weighted by molar-refractivity contribution is 0.0369. The van der Waals surface area contributed by atoms with Crippen LogP contribution in [0.15, 0.2) is 24.3 Å². The molecule has 0 amide bonds. The van der Waals surface area contributed by atoms with Gasteiger partial charge in [0.25, 0.3) is 0 Å². The van der Waals surface area contributed by atoms with Crippen LogP contribution in [0.3, 0.4) is 0 Å². The van der Waals surface area contributed by atoms with Gasteiger partial charge in [-0.2, -0.15) is 0 Å². The van der Waals surface area contributed by atoms with Gasteiger partial charge >= 0.3 is 0 Å². The summed E-state index contributed by atoms with van der Waals surface area (Å²) < 4.78 is 5.36. The van der Waals surface area contributed by atoms with Gasteiger partial charge in [-0.1, -0.05) is 18.2 Å². The van der Waals surface area contributed by atoms with E-state index < -0.39 is 0 Å². The van der Waals surface area contributed by atoms with E-state index in [0.717, 1.165) is 26.3 Å². The number of nitrogens with one attached hydrogen (secondary N) is 1. The van der Waals surface area contributed by atoms with Crippen LogP contribution in [0.1, 0.15) is 12.0 Å². The minimum absolute atomic E-state index is 0.621. The Balaban J connectivity index is 1.48. The first-order chi connectivity index (χ1) is 8.42. The monoisotopic (exact) mass is 232 g/mol. The summed E-state index contributed by atoms with van der Waals surface area (Å²) in [7, 11) is 0. The lowest BCUT2D eigenvalue weighted by Crippen LogP contribution is -2.38. The normalized spacial score (nSPS) is 24.4. The second kappa shape index (κ2) is 5.07.